The van der Waals surface area contributed by atoms with Gasteiger partial charge in [-0.05, 0) is 78.4 Å². The van der Waals surface area contributed by atoms with E-state index in [4.69, 9.17) is 23.2 Å². The molecule has 0 spiro atoms. The summed E-state index contributed by atoms with van der Waals surface area (Å²) in [5.74, 6) is 0.110. The summed E-state index contributed by atoms with van der Waals surface area (Å²) in [6.07, 6.45) is 4.95. The molecule has 5 heteroatoms. The van der Waals surface area contributed by atoms with E-state index in [9.17, 15) is 4.79 Å². The first-order valence-electron chi connectivity index (χ1n) is 11.5. The van der Waals surface area contributed by atoms with Crippen LogP contribution in [0.25, 0.3) is 10.8 Å². The molecule has 1 saturated heterocycles. The molecule has 0 aromatic heterocycles. The second-order valence-corrected chi connectivity index (χ2v) is 9.89. The van der Waals surface area contributed by atoms with Crippen molar-refractivity contribution >= 4 is 39.9 Å². The van der Waals surface area contributed by atoms with Gasteiger partial charge in [-0.25, -0.2) is 0 Å². The highest BCUT2D eigenvalue weighted by Crippen LogP contribution is 2.41. The van der Waals surface area contributed by atoms with Crippen molar-refractivity contribution in [3.05, 3.63) is 81.3 Å². The third-order valence-electron chi connectivity index (χ3n) is 7.21. The first-order valence-corrected chi connectivity index (χ1v) is 12.2. The molecule has 0 saturated carbocycles. The Morgan fingerprint density at radius 2 is 1.81 bits per heavy atom. The summed E-state index contributed by atoms with van der Waals surface area (Å²) in [7, 11) is 1.97. The molecule has 1 aliphatic heterocycles. The number of likely N-dealkylation sites (tertiary alicyclic amines) is 1. The fraction of sp³-hybridized carbons (Fsp3) is 0.370. The number of nitrogens with zero attached hydrogens (tertiary/aromatic N) is 2. The number of fused-ring (bicyclic) bond motifs is 3. The quantitative estimate of drug-likeness (QED) is 0.450. The van der Waals surface area contributed by atoms with E-state index >= 15 is 0 Å². The number of likely N-dealkylation sites (N-methyl/N-ethyl adjacent to an activating group) is 1. The highest BCUT2D eigenvalue weighted by atomic mass is 35.5. The molecule has 3 aromatic rings. The highest BCUT2D eigenvalue weighted by molar-refractivity contribution is 6.42. The van der Waals surface area contributed by atoms with Gasteiger partial charge in [0.2, 0.25) is 5.91 Å². The Kier molecular flexibility index (Phi) is 6.16. The van der Waals surface area contributed by atoms with Crippen LogP contribution in [-0.4, -0.2) is 41.9 Å². The second kappa shape index (κ2) is 9.05. The van der Waals surface area contributed by atoms with Gasteiger partial charge in [0.05, 0.1) is 22.5 Å². The van der Waals surface area contributed by atoms with Crippen molar-refractivity contribution in [1.82, 2.24) is 9.80 Å². The zero-order valence-corrected chi connectivity index (χ0v) is 19.9. The van der Waals surface area contributed by atoms with Crippen LogP contribution < -0.4 is 0 Å². The van der Waals surface area contributed by atoms with Crippen LogP contribution in [0.1, 0.15) is 42.0 Å². The van der Waals surface area contributed by atoms with E-state index in [1.165, 1.54) is 34.7 Å². The molecule has 1 amide bonds. The van der Waals surface area contributed by atoms with E-state index in [1.54, 1.807) is 12.1 Å². The molecule has 2 aliphatic rings. The maximum atomic E-state index is 13.5. The van der Waals surface area contributed by atoms with Crippen molar-refractivity contribution in [1.29, 1.82) is 0 Å². The number of hydrogen-bond acceptors (Lipinski definition) is 2. The number of hydrogen-bond donors (Lipinski definition) is 0. The molecule has 32 heavy (non-hydrogen) atoms. The lowest BCUT2D eigenvalue weighted by atomic mass is 9.80. The number of carbonyl (C=O) groups excluding carboxylic acids is 1. The summed E-state index contributed by atoms with van der Waals surface area (Å²) < 4.78 is 0. The monoisotopic (exact) mass is 466 g/mol. The number of halogens is 2. The molecule has 3 aromatic carbocycles. The molecular formula is C27H28Cl2N2O. The second-order valence-electron chi connectivity index (χ2n) is 9.08. The van der Waals surface area contributed by atoms with Gasteiger partial charge in [-0.1, -0.05) is 65.7 Å². The van der Waals surface area contributed by atoms with E-state index < -0.39 is 0 Å². The lowest BCUT2D eigenvalue weighted by Gasteiger charge is -2.44. The molecule has 1 fully saturated rings. The molecule has 166 valence electrons. The minimum absolute atomic E-state index is 0.0525. The van der Waals surface area contributed by atoms with Crippen LogP contribution in [0.5, 0.6) is 0 Å². The average molecular weight is 467 g/mol. The maximum Gasteiger partial charge on any atom is 0.227 e. The first kappa shape index (κ1) is 21.8. The SMILES string of the molecule is CN(C(=O)Cc1ccc(Cl)c(Cl)c1)[C@H]1c2ccc3ccccc3c2CC[C@@H]1N1CCCC1. The molecule has 1 aliphatic carbocycles. The molecule has 1 heterocycles. The third-order valence-corrected chi connectivity index (χ3v) is 7.95. The summed E-state index contributed by atoms with van der Waals surface area (Å²) in [4.78, 5) is 18.1. The van der Waals surface area contributed by atoms with Crippen LogP contribution in [0.15, 0.2) is 54.6 Å². The molecule has 3 nitrogen and oxygen atoms in total. The molecule has 0 N–H and O–H groups in total. The molecule has 5 rings (SSSR count). The Morgan fingerprint density at radius 3 is 2.59 bits per heavy atom. The third kappa shape index (κ3) is 4.03. The summed E-state index contributed by atoms with van der Waals surface area (Å²) in [5, 5.41) is 3.59. The Balaban J connectivity index is 1.51. The predicted octanol–water partition coefficient (Wildman–Crippen LogP) is 6.30. The van der Waals surface area contributed by atoms with Crippen LogP contribution in [0, 0.1) is 0 Å². The van der Waals surface area contributed by atoms with E-state index in [-0.39, 0.29) is 11.9 Å². The van der Waals surface area contributed by atoms with Gasteiger partial charge < -0.3 is 4.90 Å². The van der Waals surface area contributed by atoms with Crippen LogP contribution in [-0.2, 0) is 17.6 Å². The molecule has 0 bridgehead atoms. The molecule has 0 radical (unpaired) electrons. The van der Waals surface area contributed by atoms with Gasteiger partial charge >= 0.3 is 0 Å². The Bertz CT molecular complexity index is 1160. The van der Waals surface area contributed by atoms with Crippen LogP contribution in [0.4, 0.5) is 0 Å². The van der Waals surface area contributed by atoms with Gasteiger partial charge in [-0.3, -0.25) is 9.69 Å². The van der Waals surface area contributed by atoms with Crippen molar-refractivity contribution < 1.29 is 4.79 Å². The standard InChI is InChI=1S/C27H28Cl2N2O/c1-30(26(32)17-18-8-12-23(28)24(29)16-18)27-22-10-9-19-6-2-3-7-20(19)21(22)11-13-25(27)31-14-4-5-15-31/h2-3,6-10,12,16,25,27H,4-5,11,13-15,17H2,1H3/t25-,27-/m0/s1. The van der Waals surface area contributed by atoms with Crippen LogP contribution in [0.2, 0.25) is 10.0 Å². The Morgan fingerprint density at radius 1 is 1.03 bits per heavy atom. The fourth-order valence-corrected chi connectivity index (χ4v) is 5.91. The Hall–Kier alpha value is -2.07. The highest BCUT2D eigenvalue weighted by Gasteiger charge is 2.39. The van der Waals surface area contributed by atoms with E-state index in [0.29, 0.717) is 22.5 Å². The summed E-state index contributed by atoms with van der Waals surface area (Å²) in [5.41, 5.74) is 3.60. The van der Waals surface area contributed by atoms with Crippen LogP contribution >= 0.6 is 23.2 Å². The van der Waals surface area contributed by atoms with Gasteiger partial charge in [0, 0.05) is 13.1 Å². The van der Waals surface area contributed by atoms with Gasteiger partial charge in [0.15, 0.2) is 0 Å². The van der Waals surface area contributed by atoms with E-state index in [1.807, 2.05) is 18.0 Å². The maximum absolute atomic E-state index is 13.5. The topological polar surface area (TPSA) is 23.6 Å². The number of benzene rings is 3. The first-order chi connectivity index (χ1) is 15.5. The summed E-state index contributed by atoms with van der Waals surface area (Å²) >= 11 is 12.3. The van der Waals surface area contributed by atoms with Gasteiger partial charge in [0.1, 0.15) is 0 Å². The number of carbonyl (C=O) groups is 1. The van der Waals surface area contributed by atoms with Crippen molar-refractivity contribution in [3.63, 3.8) is 0 Å². The summed E-state index contributed by atoms with van der Waals surface area (Å²) in [6, 6.07) is 18.9. The number of aryl methyl sites for hydroxylation is 1. The minimum atomic E-state index is 0.0525. The smallest absolute Gasteiger partial charge is 0.227 e. The van der Waals surface area contributed by atoms with Gasteiger partial charge in [-0.2, -0.15) is 0 Å². The largest absolute Gasteiger partial charge is 0.337 e. The van der Waals surface area contributed by atoms with Crippen molar-refractivity contribution in [2.45, 2.75) is 44.2 Å². The molecule has 2 atom stereocenters. The lowest BCUT2D eigenvalue weighted by Crippen LogP contribution is -2.48. The van der Waals surface area contributed by atoms with Crippen molar-refractivity contribution in [3.8, 4) is 0 Å². The minimum Gasteiger partial charge on any atom is -0.337 e. The fourth-order valence-electron chi connectivity index (χ4n) is 5.59. The van der Waals surface area contributed by atoms with Gasteiger partial charge in [-0.15, -0.1) is 0 Å². The molecular weight excluding hydrogens is 439 g/mol. The number of amides is 1. The summed E-state index contributed by atoms with van der Waals surface area (Å²) in [6.45, 7) is 2.25. The Labute approximate surface area is 199 Å². The zero-order chi connectivity index (χ0) is 22.2. The van der Waals surface area contributed by atoms with E-state index in [2.05, 4.69) is 41.3 Å². The van der Waals surface area contributed by atoms with Crippen molar-refractivity contribution in [2.75, 3.05) is 20.1 Å². The number of rotatable bonds is 4. The average Bonchev–Trinajstić information content (AvgIpc) is 3.35. The lowest BCUT2D eigenvalue weighted by molar-refractivity contribution is -0.133. The molecule has 0 unspecified atom stereocenters. The van der Waals surface area contributed by atoms with E-state index in [0.717, 1.165) is 31.5 Å². The van der Waals surface area contributed by atoms with Gasteiger partial charge in [0.25, 0.3) is 0 Å². The van der Waals surface area contributed by atoms with Crippen molar-refractivity contribution in [2.24, 2.45) is 0 Å². The normalized spacial score (nSPS) is 21.0. The predicted molar refractivity (Wildman–Crippen MR) is 133 cm³/mol. The zero-order valence-electron chi connectivity index (χ0n) is 18.4. The van der Waals surface area contributed by atoms with Crippen LogP contribution in [0.3, 0.4) is 0 Å².